The number of fused-ring (bicyclic) bond motifs is 15. The molecule has 15 aliphatic rings. The number of hydrogen-bond acceptors (Lipinski definition) is 27. The van der Waals surface area contributed by atoms with Gasteiger partial charge in [0.15, 0.2) is 23.9 Å². The maximum absolute atomic E-state index is 16.7. The van der Waals surface area contributed by atoms with Gasteiger partial charge >= 0.3 is 0 Å². The van der Waals surface area contributed by atoms with Gasteiger partial charge in [-0.2, -0.15) is 0 Å². The summed E-state index contributed by atoms with van der Waals surface area (Å²) in [4.78, 5) is 126. The van der Waals surface area contributed by atoms with Gasteiger partial charge in [0.05, 0.1) is 60.2 Å². The zero-order valence-corrected chi connectivity index (χ0v) is 70.6. The van der Waals surface area contributed by atoms with Crippen molar-refractivity contribution in [2.24, 2.45) is 47.2 Å². The molecule has 662 valence electrons. The minimum atomic E-state index is -2.29. The van der Waals surface area contributed by atoms with Gasteiger partial charge in [-0.1, -0.05) is 44.5 Å². The number of allylic oxidation sites excluding steroid dienone is 9. The number of nitrogens with two attached hydrogens (primary N) is 1. The molecule has 15 bridgehead atoms. The van der Waals surface area contributed by atoms with E-state index in [2.05, 4.69) is 47.3 Å². The Labute approximate surface area is 718 Å². The van der Waals surface area contributed by atoms with Crippen LogP contribution in [0.1, 0.15) is 130 Å². The molecule has 8 amide bonds. The molecular formula is C85H108Cl2N10O24S. The maximum Gasteiger partial charge on any atom is 0.248 e. The fraction of sp³-hybridized carbons (Fsp3) is 0.576. The Morgan fingerprint density at radius 1 is 0.779 bits per heavy atom. The lowest BCUT2D eigenvalue weighted by Gasteiger charge is -2.54. The molecule has 3 saturated heterocycles. The molecule has 122 heavy (non-hydrogen) atoms. The van der Waals surface area contributed by atoms with Crippen molar-refractivity contribution in [2.45, 2.75) is 250 Å². The molecule has 17 rings (SSSR count). The summed E-state index contributed by atoms with van der Waals surface area (Å²) in [6.07, 6.45) is -8.66. The second-order valence-electron chi connectivity index (χ2n) is 34.6. The lowest BCUT2D eigenvalue weighted by Crippen LogP contribution is -2.64. The van der Waals surface area contributed by atoms with Crippen LogP contribution in [0.3, 0.4) is 0 Å². The second kappa shape index (κ2) is 37.3. The predicted molar refractivity (Wildman–Crippen MR) is 439 cm³/mol. The first-order chi connectivity index (χ1) is 58.1. The molecule has 0 radical (unpaired) electrons. The van der Waals surface area contributed by atoms with Crippen LogP contribution in [0.2, 0.25) is 0 Å². The van der Waals surface area contributed by atoms with E-state index in [-0.39, 0.29) is 99.5 Å². The second-order valence-corrected chi connectivity index (χ2v) is 36.3. The van der Waals surface area contributed by atoms with E-state index in [1.807, 2.05) is 13.8 Å². The van der Waals surface area contributed by atoms with Crippen molar-refractivity contribution in [2.75, 3.05) is 20.3 Å². The fourth-order valence-electron chi connectivity index (χ4n) is 19.2. The van der Waals surface area contributed by atoms with Crippen molar-refractivity contribution in [1.29, 1.82) is 0 Å². The average molecular weight is 1760 g/mol. The van der Waals surface area contributed by atoms with Crippen LogP contribution in [-0.2, 0) is 52.6 Å². The van der Waals surface area contributed by atoms with Gasteiger partial charge < -0.3 is 127 Å². The standard InChI is InChI=1S/C85H108Cl2N10O24S/c1-8-115-45-11-13-46(14-12-45)122-97-60(102)31-52-78(109)92-66-43-27-57(117-55-17-10-40(26-50(55)86)70(103)68(82(113)90-52)95-77(108)51(89-7)19-34(2)3)74(121-84-75(73(106)72(105)59(33-98)119-84)120-61-32-85(6,88)76(107)36(5)116-61)58(28-43)118-56-18-15-47(35(4)63(56)87)71(104)69-83(114)94-67(81(112)91-64-41-21-37-20-38(23-41)24-42(64)22-37)49-29-44(99)30-54(101)62(49)48-25-39(9-16-53(48)100)65(79(110)96-69)93-80(66)111/h9,11-16,18,26-29,34-38,41-42,44,48,51-52,59,61,63-73,75-76,84,89,98-101,103-107H,8,10,17,19-25,30-33,88H2,1-7H3,(H,90,113)(H,91,112)(H,92,109)(H,93,111)(H,94,114)(H,95,108)(H,96,110)(H,97,102)/t35?,36-,37?,38?,41?,42?,44-,48?,51-,52-,59+,61-,63-,64?,65-,66+,67-,68+,69+,70+,71-,72-,73-,75-,76+,84-,85-/m0/s1. The van der Waals surface area contributed by atoms with Gasteiger partial charge in [0.25, 0.3) is 0 Å². The highest BCUT2D eigenvalue weighted by Crippen LogP contribution is 2.55. The summed E-state index contributed by atoms with van der Waals surface area (Å²) in [5.74, 6) is -12.6. The highest BCUT2D eigenvalue weighted by Gasteiger charge is 2.54. The molecule has 37 heteroatoms. The molecule has 2 aromatic carbocycles. The Morgan fingerprint density at radius 2 is 1.47 bits per heavy atom. The molecule has 2 unspecified atom stereocenters. The summed E-state index contributed by atoms with van der Waals surface area (Å²) in [7, 11) is 1.52. The molecule has 22 atom stereocenters. The van der Waals surface area contributed by atoms with Gasteiger partial charge in [-0.25, -0.2) is 0 Å². The van der Waals surface area contributed by atoms with Crippen LogP contribution < -0.4 is 71.9 Å². The van der Waals surface area contributed by atoms with E-state index in [9.17, 15) is 55.5 Å². The van der Waals surface area contributed by atoms with Gasteiger partial charge in [0, 0.05) is 53.1 Å². The maximum atomic E-state index is 16.7. The Hall–Kier alpha value is -8.63. The van der Waals surface area contributed by atoms with Crippen molar-refractivity contribution in [3.63, 3.8) is 0 Å². The minimum Gasteiger partial charge on any atom is -0.512 e. The van der Waals surface area contributed by atoms with Crippen molar-refractivity contribution >= 4 is 82.4 Å². The van der Waals surface area contributed by atoms with Crippen molar-refractivity contribution in [3.8, 4) is 23.0 Å². The first kappa shape index (κ1) is 89.6. The van der Waals surface area contributed by atoms with E-state index in [0.29, 0.717) is 29.1 Å². The van der Waals surface area contributed by atoms with Gasteiger partial charge in [0.1, 0.15) is 89.8 Å². The van der Waals surface area contributed by atoms with Crippen LogP contribution in [0.4, 0.5) is 0 Å². The van der Waals surface area contributed by atoms with E-state index in [1.165, 1.54) is 50.4 Å². The van der Waals surface area contributed by atoms with Crippen LogP contribution in [-0.4, -0.2) is 234 Å². The number of likely N-dealkylation sites (N-methyl/N-ethyl adjacent to an activating group) is 1. The minimum absolute atomic E-state index is 0.0188. The van der Waals surface area contributed by atoms with E-state index in [0.717, 1.165) is 56.2 Å². The lowest BCUT2D eigenvalue weighted by atomic mass is 9.54. The molecule has 7 heterocycles. The smallest absolute Gasteiger partial charge is 0.248 e. The Balaban J connectivity index is 0.954. The molecule has 8 aliphatic carbocycles. The highest BCUT2D eigenvalue weighted by molar-refractivity contribution is 7.98. The largest absolute Gasteiger partial charge is 0.512 e. The number of amides is 8. The average Bonchev–Trinajstić information content (AvgIpc) is 0.752. The van der Waals surface area contributed by atoms with Crippen molar-refractivity contribution in [3.05, 3.63) is 134 Å². The van der Waals surface area contributed by atoms with Gasteiger partial charge in [0.2, 0.25) is 59.3 Å². The van der Waals surface area contributed by atoms with Crippen LogP contribution in [0.25, 0.3) is 0 Å². The Bertz CT molecular complexity index is 4640. The van der Waals surface area contributed by atoms with Crippen LogP contribution in [0.5, 0.6) is 23.0 Å². The van der Waals surface area contributed by atoms with E-state index in [4.69, 9.17) is 62.1 Å². The first-order valence-corrected chi connectivity index (χ1v) is 43.2. The number of carbonyl (C=O) groups excluding carboxylic acids is 8. The Morgan fingerprint density at radius 3 is 2.13 bits per heavy atom. The molecule has 20 N–H and O–H groups in total. The summed E-state index contributed by atoms with van der Waals surface area (Å²) < 4.78 is 47.9. The Kier molecular flexibility index (Phi) is 27.4. The van der Waals surface area contributed by atoms with Crippen LogP contribution in [0, 0.1) is 41.4 Å². The number of carbonyl (C=O) groups is 8. The summed E-state index contributed by atoms with van der Waals surface area (Å²) in [6, 6.07) is -4.84. The quantitative estimate of drug-likeness (QED) is 0.0753. The highest BCUT2D eigenvalue weighted by atomic mass is 35.5. The number of nitrogens with one attached hydrogen (secondary N) is 9. The summed E-state index contributed by atoms with van der Waals surface area (Å²) in [5, 5.41) is 128. The lowest BCUT2D eigenvalue weighted by molar-refractivity contribution is -0.333. The number of rotatable bonds is 18. The number of halogens is 2. The van der Waals surface area contributed by atoms with Gasteiger partial charge in [-0.3, -0.25) is 43.1 Å². The first-order valence-electron chi connectivity index (χ1n) is 41.6. The van der Waals surface area contributed by atoms with Gasteiger partial charge in [-0.05, 0) is 209 Å². The van der Waals surface area contributed by atoms with Crippen molar-refractivity contribution < 1.29 is 117 Å². The fourth-order valence-corrected chi connectivity index (χ4v) is 20.4. The van der Waals surface area contributed by atoms with Crippen LogP contribution >= 0.6 is 35.1 Å². The van der Waals surface area contributed by atoms with Crippen molar-refractivity contribution in [1.82, 2.24) is 47.3 Å². The molecule has 4 saturated carbocycles. The molecule has 34 nitrogen and oxygen atoms in total. The monoisotopic (exact) mass is 1750 g/mol. The number of benzene rings is 2. The predicted octanol–water partition coefficient (Wildman–Crippen LogP) is 2.52. The topological polar surface area (TPSA) is 518 Å². The molecule has 0 aromatic heterocycles. The number of hydrogen-bond donors (Lipinski definition) is 19. The number of alkyl halides is 1. The summed E-state index contributed by atoms with van der Waals surface area (Å²) in [6.45, 7) is 9.55. The number of aliphatic hydroxyl groups excluding tert-OH is 9. The number of ether oxygens (including phenoxy) is 7. The number of aliphatic hydroxyl groups is 9. The third-order valence-electron chi connectivity index (χ3n) is 25.4. The molecule has 7 aliphatic heterocycles. The summed E-state index contributed by atoms with van der Waals surface area (Å²) in [5.41, 5.74) is 4.54. The zero-order chi connectivity index (χ0) is 87.4. The van der Waals surface area contributed by atoms with E-state index in [1.54, 1.807) is 45.0 Å². The third kappa shape index (κ3) is 19.0. The third-order valence-corrected chi connectivity index (χ3v) is 27.1. The normalized spacial score (nSPS) is 36.2. The zero-order valence-electron chi connectivity index (χ0n) is 68.3. The molecule has 2 aromatic rings. The van der Waals surface area contributed by atoms with E-state index >= 15 is 28.8 Å². The molecule has 7 fully saturated rings. The van der Waals surface area contributed by atoms with Gasteiger partial charge in [-0.15, -0.1) is 11.6 Å². The molecule has 0 spiro atoms. The van der Waals surface area contributed by atoms with Crippen LogP contribution in [0.15, 0.2) is 134 Å². The van der Waals surface area contributed by atoms with E-state index < -0.39 is 234 Å². The SMILES string of the molecule is CCOc1ccc(SNC(=O)C[C@@H]2NC(=O)[C@H](NC(=O)[C@H](CC(C)C)NC)[C@H](O)C3=CC(Cl)=C(CC3)Oc3cc4cc(c3O[C@@H]3O[C@H](CO)[C@H](O)[C@H](O)[C@@H]3O[C@H]3C[C@](C)(N)[C@H](O)[C@H](C)O3)OC3=CC=C(C(C)[C@@H]3Cl)[C@H](O)[C@H]3NC(=O)[C@@H](NC(=O)[C@@H]4NC2=O)C2=CC=C(O)C(C2)C2=C(O)C[C@@H](O)C=C2[C@@H](C(=O)NC2C4CC5CC(C4)CC2C5)NC3=O)cc1. The molecular weight excluding hydrogens is 1650 g/mol. The summed E-state index contributed by atoms with van der Waals surface area (Å²) >= 11 is 15.7.